The number of rotatable bonds is 17. The number of aliphatic carboxylic acids is 1. The van der Waals surface area contributed by atoms with Crippen LogP contribution in [0.5, 0.6) is 0 Å². The number of unbranched alkanes of at least 4 members (excludes halogenated alkanes) is 13. The standard InChI is InChI=1S/C20H38O2.K/c1-2-3-4-5-6-7-8-9-10-11-12-13-14-15-16-17-18-19-20(21)22;/h11-12H,2-10,13-19H2,1H3,(H,21,22);/q;+1/p-1/b12-11-;. The van der Waals surface area contributed by atoms with E-state index in [0.717, 1.165) is 19.3 Å². The van der Waals surface area contributed by atoms with Gasteiger partial charge in [0, 0.05) is 5.97 Å². The molecule has 2 nitrogen and oxygen atoms in total. The molecule has 0 rings (SSSR count). The average molecular weight is 349 g/mol. The van der Waals surface area contributed by atoms with E-state index >= 15 is 0 Å². The van der Waals surface area contributed by atoms with Gasteiger partial charge in [-0.2, -0.15) is 0 Å². The summed E-state index contributed by atoms with van der Waals surface area (Å²) in [5.74, 6) is -0.913. The first-order valence-electron chi connectivity index (χ1n) is 9.62. The molecule has 0 aromatic carbocycles. The van der Waals surface area contributed by atoms with Crippen molar-refractivity contribution in [3.8, 4) is 0 Å². The molecule has 0 spiro atoms. The van der Waals surface area contributed by atoms with Crippen molar-refractivity contribution < 1.29 is 61.3 Å². The minimum absolute atomic E-state index is 0. The predicted molar refractivity (Wildman–Crippen MR) is 93.7 cm³/mol. The molecule has 0 atom stereocenters. The van der Waals surface area contributed by atoms with Crippen LogP contribution in [0.15, 0.2) is 12.2 Å². The van der Waals surface area contributed by atoms with Crippen molar-refractivity contribution in [1.29, 1.82) is 0 Å². The summed E-state index contributed by atoms with van der Waals surface area (Å²) < 4.78 is 0. The minimum Gasteiger partial charge on any atom is -0.550 e. The zero-order valence-electron chi connectivity index (χ0n) is 15.8. The fourth-order valence-electron chi connectivity index (χ4n) is 2.69. The Bertz CT molecular complexity index is 264. The molecule has 0 fully saturated rings. The van der Waals surface area contributed by atoms with E-state index in [1.54, 1.807) is 0 Å². The molecule has 3 heteroatoms. The number of carboxylic acid groups (broad SMARTS) is 1. The summed E-state index contributed by atoms with van der Waals surface area (Å²) in [6.07, 6.45) is 23.8. The van der Waals surface area contributed by atoms with Gasteiger partial charge in [-0.25, -0.2) is 0 Å². The molecule has 0 unspecified atom stereocenters. The Morgan fingerprint density at radius 2 is 1.09 bits per heavy atom. The van der Waals surface area contributed by atoms with Crippen LogP contribution in [-0.4, -0.2) is 5.97 Å². The smallest absolute Gasteiger partial charge is 0.550 e. The molecule has 0 N–H and O–H groups in total. The van der Waals surface area contributed by atoms with Crippen LogP contribution in [0.2, 0.25) is 0 Å². The molecule has 0 bridgehead atoms. The number of carbonyl (C=O) groups excluding carboxylic acids is 1. The first-order valence-corrected chi connectivity index (χ1v) is 9.62. The Morgan fingerprint density at radius 3 is 1.52 bits per heavy atom. The third-order valence-electron chi connectivity index (χ3n) is 4.14. The summed E-state index contributed by atoms with van der Waals surface area (Å²) in [5, 5.41) is 10.2. The van der Waals surface area contributed by atoms with Crippen molar-refractivity contribution in [2.75, 3.05) is 0 Å². The van der Waals surface area contributed by atoms with Gasteiger partial charge in [-0.15, -0.1) is 0 Å². The molecule has 0 aromatic heterocycles. The number of allylic oxidation sites excluding steroid dienone is 2. The number of carboxylic acids is 1. The maximum absolute atomic E-state index is 10.2. The molecule has 0 aliphatic carbocycles. The molecule has 0 saturated carbocycles. The third-order valence-corrected chi connectivity index (χ3v) is 4.14. The van der Waals surface area contributed by atoms with Crippen molar-refractivity contribution >= 4 is 5.97 Å². The van der Waals surface area contributed by atoms with E-state index in [1.807, 2.05) is 0 Å². The summed E-state index contributed by atoms with van der Waals surface area (Å²) in [7, 11) is 0. The Hall–Kier alpha value is 0.846. The molecular formula is C20H37KO2. The number of hydrogen-bond donors (Lipinski definition) is 0. The van der Waals surface area contributed by atoms with Gasteiger partial charge >= 0.3 is 51.4 Å². The summed E-state index contributed by atoms with van der Waals surface area (Å²) >= 11 is 0. The molecule has 23 heavy (non-hydrogen) atoms. The zero-order chi connectivity index (χ0) is 16.3. The predicted octanol–water partition coefficient (Wildman–Crippen LogP) is 2.56. The van der Waals surface area contributed by atoms with Crippen LogP contribution in [-0.2, 0) is 4.79 Å². The fraction of sp³-hybridized carbons (Fsp3) is 0.850. The Balaban J connectivity index is 0. The summed E-state index contributed by atoms with van der Waals surface area (Å²) in [6, 6.07) is 0. The van der Waals surface area contributed by atoms with Crippen LogP contribution in [0.4, 0.5) is 0 Å². The molecule has 0 aromatic rings. The zero-order valence-corrected chi connectivity index (χ0v) is 18.9. The van der Waals surface area contributed by atoms with Crippen LogP contribution >= 0.6 is 0 Å². The average Bonchev–Trinajstić information content (AvgIpc) is 2.50. The van der Waals surface area contributed by atoms with Gasteiger partial charge < -0.3 is 9.90 Å². The van der Waals surface area contributed by atoms with E-state index in [4.69, 9.17) is 0 Å². The van der Waals surface area contributed by atoms with E-state index in [2.05, 4.69) is 19.1 Å². The monoisotopic (exact) mass is 348 g/mol. The van der Waals surface area contributed by atoms with Crippen molar-refractivity contribution in [3.05, 3.63) is 12.2 Å². The fourth-order valence-corrected chi connectivity index (χ4v) is 2.69. The van der Waals surface area contributed by atoms with Gasteiger partial charge in [-0.05, 0) is 38.5 Å². The first kappa shape index (κ1) is 26.1. The topological polar surface area (TPSA) is 40.1 Å². The largest absolute Gasteiger partial charge is 1.00 e. The molecule has 130 valence electrons. The van der Waals surface area contributed by atoms with Gasteiger partial charge in [0.2, 0.25) is 0 Å². The van der Waals surface area contributed by atoms with Crippen LogP contribution in [0.1, 0.15) is 110 Å². The van der Waals surface area contributed by atoms with E-state index in [-0.39, 0.29) is 57.8 Å². The molecule has 0 heterocycles. The van der Waals surface area contributed by atoms with E-state index in [1.165, 1.54) is 77.0 Å². The van der Waals surface area contributed by atoms with Gasteiger partial charge in [0.05, 0.1) is 0 Å². The van der Waals surface area contributed by atoms with Gasteiger partial charge in [-0.1, -0.05) is 83.3 Å². The Kier molecular flexibility index (Phi) is 25.9. The molecule has 0 amide bonds. The van der Waals surface area contributed by atoms with E-state index < -0.39 is 5.97 Å². The van der Waals surface area contributed by atoms with Crippen LogP contribution in [0.3, 0.4) is 0 Å². The normalized spacial score (nSPS) is 10.8. The van der Waals surface area contributed by atoms with Crippen molar-refractivity contribution in [1.82, 2.24) is 0 Å². The Labute approximate surface area is 187 Å². The van der Waals surface area contributed by atoms with Gasteiger partial charge in [0.15, 0.2) is 0 Å². The van der Waals surface area contributed by atoms with Crippen LogP contribution < -0.4 is 56.5 Å². The SMILES string of the molecule is CCCCCCCCCC/C=C\CCCCCCCC(=O)[O-].[K+]. The second-order valence-electron chi connectivity index (χ2n) is 6.41. The third kappa shape index (κ3) is 25.2. The van der Waals surface area contributed by atoms with Crippen molar-refractivity contribution in [3.63, 3.8) is 0 Å². The maximum Gasteiger partial charge on any atom is 1.00 e. The minimum atomic E-state index is -0.913. The quantitative estimate of drug-likeness (QED) is 0.230. The van der Waals surface area contributed by atoms with Crippen LogP contribution in [0, 0.1) is 0 Å². The van der Waals surface area contributed by atoms with E-state index in [0.29, 0.717) is 0 Å². The van der Waals surface area contributed by atoms with Crippen molar-refractivity contribution in [2.24, 2.45) is 0 Å². The summed E-state index contributed by atoms with van der Waals surface area (Å²) in [4.78, 5) is 10.2. The number of hydrogen-bond acceptors (Lipinski definition) is 2. The summed E-state index contributed by atoms with van der Waals surface area (Å²) in [6.45, 7) is 2.27. The maximum atomic E-state index is 10.2. The van der Waals surface area contributed by atoms with Gasteiger partial charge in [0.25, 0.3) is 0 Å². The summed E-state index contributed by atoms with van der Waals surface area (Å²) in [5.41, 5.74) is 0. The van der Waals surface area contributed by atoms with Crippen LogP contribution in [0.25, 0.3) is 0 Å². The molecule has 0 aliphatic rings. The van der Waals surface area contributed by atoms with Gasteiger partial charge in [0.1, 0.15) is 0 Å². The van der Waals surface area contributed by atoms with E-state index in [9.17, 15) is 9.90 Å². The van der Waals surface area contributed by atoms with Crippen molar-refractivity contribution in [2.45, 2.75) is 110 Å². The molecule has 0 saturated heterocycles. The second kappa shape index (κ2) is 22.8. The molecule has 0 aliphatic heterocycles. The Morgan fingerprint density at radius 1 is 0.696 bits per heavy atom. The first-order chi connectivity index (χ1) is 10.8. The molecular weight excluding hydrogens is 311 g/mol. The second-order valence-corrected chi connectivity index (χ2v) is 6.41. The van der Waals surface area contributed by atoms with Gasteiger partial charge in [-0.3, -0.25) is 0 Å². The molecule has 0 radical (unpaired) electrons. The number of carbonyl (C=O) groups is 1.